The van der Waals surface area contributed by atoms with Crippen LogP contribution < -0.4 is 5.32 Å². The summed E-state index contributed by atoms with van der Waals surface area (Å²) in [7, 11) is 0. The fraction of sp³-hybridized carbons (Fsp3) is 0.182. The van der Waals surface area contributed by atoms with Crippen LogP contribution in [0.3, 0.4) is 0 Å². The van der Waals surface area contributed by atoms with Gasteiger partial charge in [-0.25, -0.2) is 4.79 Å². The van der Waals surface area contributed by atoms with Gasteiger partial charge in [-0.3, -0.25) is 9.59 Å². The molecule has 3 N–H and O–H groups in total. The molecule has 0 radical (unpaired) electrons. The average molecular weight is 253 g/mol. The van der Waals surface area contributed by atoms with Crippen molar-refractivity contribution in [2.45, 2.75) is 12.5 Å². The highest BCUT2D eigenvalue weighted by atomic mass is 16.4. The normalized spacial score (nSPS) is 12.2. The van der Waals surface area contributed by atoms with E-state index in [0.717, 1.165) is 6.08 Å². The summed E-state index contributed by atoms with van der Waals surface area (Å²) in [6.45, 7) is 0. The third kappa shape index (κ3) is 4.52. The van der Waals surface area contributed by atoms with Crippen LogP contribution in [0.4, 0.5) is 0 Å². The Balaban J connectivity index is 2.56. The number of hydrogen-bond donors (Lipinski definition) is 3. The number of aliphatic carboxylic acids is 2. The minimum atomic E-state index is -1.46. The molecule has 0 unspecified atom stereocenters. The Hall–Kier alpha value is -2.57. The highest BCUT2D eigenvalue weighted by Crippen LogP contribution is 2.02. The third-order valence-electron chi connectivity index (χ3n) is 1.94. The van der Waals surface area contributed by atoms with Crippen LogP contribution in [0.1, 0.15) is 12.2 Å². The zero-order valence-corrected chi connectivity index (χ0v) is 9.20. The van der Waals surface area contributed by atoms with Crippen LogP contribution in [0.5, 0.6) is 0 Å². The van der Waals surface area contributed by atoms with Crippen molar-refractivity contribution < 1.29 is 29.0 Å². The molecule has 0 spiro atoms. The maximum absolute atomic E-state index is 11.3. The molecule has 1 rings (SSSR count). The number of rotatable bonds is 6. The second-order valence-corrected chi connectivity index (χ2v) is 3.35. The molecule has 96 valence electrons. The van der Waals surface area contributed by atoms with Crippen molar-refractivity contribution in [2.24, 2.45) is 0 Å². The molecule has 1 amide bonds. The number of carboxylic acid groups (broad SMARTS) is 2. The van der Waals surface area contributed by atoms with Crippen molar-refractivity contribution >= 4 is 23.9 Å². The summed E-state index contributed by atoms with van der Waals surface area (Å²) in [6.07, 6.45) is 3.14. The lowest BCUT2D eigenvalue weighted by atomic mass is 10.2. The topological polar surface area (TPSA) is 117 Å². The Morgan fingerprint density at radius 2 is 2.11 bits per heavy atom. The Bertz CT molecular complexity index is 462. The third-order valence-corrected chi connectivity index (χ3v) is 1.94. The number of hydrogen-bond acceptors (Lipinski definition) is 4. The molecule has 0 aromatic carbocycles. The Kier molecular flexibility index (Phi) is 4.67. The van der Waals surface area contributed by atoms with E-state index in [2.05, 4.69) is 5.32 Å². The van der Waals surface area contributed by atoms with Crippen molar-refractivity contribution in [3.63, 3.8) is 0 Å². The minimum absolute atomic E-state index is 0.426. The van der Waals surface area contributed by atoms with Gasteiger partial charge in [0.1, 0.15) is 11.8 Å². The van der Waals surface area contributed by atoms with Gasteiger partial charge in [0.15, 0.2) is 0 Å². The van der Waals surface area contributed by atoms with Crippen LogP contribution in [-0.4, -0.2) is 34.1 Å². The smallest absolute Gasteiger partial charge is 0.326 e. The highest BCUT2D eigenvalue weighted by molar-refractivity contribution is 5.95. The Morgan fingerprint density at radius 1 is 1.39 bits per heavy atom. The number of amides is 1. The van der Waals surface area contributed by atoms with Crippen molar-refractivity contribution in [1.29, 1.82) is 0 Å². The van der Waals surface area contributed by atoms with Gasteiger partial charge in [-0.15, -0.1) is 0 Å². The first-order valence-corrected chi connectivity index (χ1v) is 4.95. The SMILES string of the molecule is O=C(O)C[C@H](NC(=O)C=Cc1ccco1)C(=O)O. The minimum Gasteiger partial charge on any atom is -0.481 e. The zero-order valence-electron chi connectivity index (χ0n) is 9.20. The summed E-state index contributed by atoms with van der Waals surface area (Å²) in [5, 5.41) is 19.2. The molecule has 0 aliphatic rings. The molecular formula is C11H11NO6. The Morgan fingerprint density at radius 3 is 2.61 bits per heavy atom. The van der Waals surface area contributed by atoms with Gasteiger partial charge in [-0.2, -0.15) is 0 Å². The van der Waals surface area contributed by atoms with Crippen molar-refractivity contribution in [3.8, 4) is 0 Å². The molecule has 1 atom stereocenters. The van der Waals surface area contributed by atoms with Crippen LogP contribution in [0.25, 0.3) is 6.08 Å². The lowest BCUT2D eigenvalue weighted by Gasteiger charge is -2.10. The van der Waals surface area contributed by atoms with E-state index in [1.54, 1.807) is 12.1 Å². The standard InChI is InChI=1S/C11H11NO6/c13-9(4-3-7-2-1-5-18-7)12-8(11(16)17)6-10(14)15/h1-5,8H,6H2,(H,12,13)(H,14,15)(H,16,17)/t8-/m0/s1. The molecule has 7 heteroatoms. The maximum Gasteiger partial charge on any atom is 0.326 e. The summed E-state index contributed by atoms with van der Waals surface area (Å²) < 4.78 is 4.92. The maximum atomic E-state index is 11.3. The molecule has 0 aliphatic heterocycles. The largest absolute Gasteiger partial charge is 0.481 e. The fourth-order valence-electron chi connectivity index (χ4n) is 1.14. The monoisotopic (exact) mass is 253 g/mol. The van der Waals surface area contributed by atoms with Crippen LogP contribution >= 0.6 is 0 Å². The summed E-state index contributed by atoms with van der Waals surface area (Å²) >= 11 is 0. The van der Waals surface area contributed by atoms with E-state index in [1.807, 2.05) is 0 Å². The van der Waals surface area contributed by atoms with Crippen LogP contribution in [-0.2, 0) is 14.4 Å². The van der Waals surface area contributed by atoms with Gasteiger partial charge in [-0.1, -0.05) is 0 Å². The molecule has 1 aromatic heterocycles. The van der Waals surface area contributed by atoms with Crippen molar-refractivity contribution in [1.82, 2.24) is 5.32 Å². The van der Waals surface area contributed by atoms with E-state index >= 15 is 0 Å². The van der Waals surface area contributed by atoms with E-state index in [0.29, 0.717) is 5.76 Å². The number of nitrogens with one attached hydrogen (secondary N) is 1. The predicted octanol–water partition coefficient (Wildman–Crippen LogP) is 0.337. The molecule has 18 heavy (non-hydrogen) atoms. The molecule has 1 aromatic rings. The second-order valence-electron chi connectivity index (χ2n) is 3.35. The van der Waals surface area contributed by atoms with Crippen LogP contribution in [0, 0.1) is 0 Å². The van der Waals surface area contributed by atoms with E-state index in [4.69, 9.17) is 14.6 Å². The fourth-order valence-corrected chi connectivity index (χ4v) is 1.14. The van der Waals surface area contributed by atoms with Gasteiger partial charge in [0.05, 0.1) is 12.7 Å². The van der Waals surface area contributed by atoms with Crippen LogP contribution in [0.15, 0.2) is 28.9 Å². The van der Waals surface area contributed by atoms with Crippen molar-refractivity contribution in [2.75, 3.05) is 0 Å². The van der Waals surface area contributed by atoms with E-state index in [9.17, 15) is 14.4 Å². The first-order valence-electron chi connectivity index (χ1n) is 4.95. The number of carboxylic acids is 2. The summed E-state index contributed by atoms with van der Waals surface area (Å²) in [6, 6.07) is 1.77. The average Bonchev–Trinajstić information content (AvgIpc) is 2.77. The van der Waals surface area contributed by atoms with E-state index < -0.39 is 30.3 Å². The van der Waals surface area contributed by atoms with Gasteiger partial charge in [-0.05, 0) is 18.2 Å². The lowest BCUT2D eigenvalue weighted by molar-refractivity contribution is -0.146. The summed E-state index contributed by atoms with van der Waals surface area (Å²) in [4.78, 5) is 32.4. The zero-order chi connectivity index (χ0) is 13.5. The van der Waals surface area contributed by atoms with Crippen LogP contribution in [0.2, 0.25) is 0 Å². The van der Waals surface area contributed by atoms with Gasteiger partial charge in [0.2, 0.25) is 5.91 Å². The summed E-state index contributed by atoms with van der Waals surface area (Å²) in [5.74, 6) is -3.00. The predicted molar refractivity (Wildman–Crippen MR) is 59.6 cm³/mol. The van der Waals surface area contributed by atoms with Gasteiger partial charge in [0.25, 0.3) is 0 Å². The van der Waals surface area contributed by atoms with Gasteiger partial charge >= 0.3 is 11.9 Å². The lowest BCUT2D eigenvalue weighted by Crippen LogP contribution is -2.41. The quantitative estimate of drug-likeness (QED) is 0.629. The molecular weight excluding hydrogens is 242 g/mol. The van der Waals surface area contributed by atoms with Gasteiger partial charge < -0.3 is 19.9 Å². The summed E-state index contributed by atoms with van der Waals surface area (Å²) in [5.41, 5.74) is 0. The number of carbonyl (C=O) groups is 3. The second kappa shape index (κ2) is 6.24. The number of furan rings is 1. The first kappa shape index (κ1) is 13.5. The van der Waals surface area contributed by atoms with E-state index in [1.165, 1.54) is 12.3 Å². The van der Waals surface area contributed by atoms with E-state index in [-0.39, 0.29) is 0 Å². The van der Waals surface area contributed by atoms with Crippen molar-refractivity contribution in [3.05, 3.63) is 30.2 Å². The Labute approximate surface area is 102 Å². The molecule has 1 heterocycles. The molecule has 0 aliphatic carbocycles. The number of carbonyl (C=O) groups excluding carboxylic acids is 1. The molecule has 0 bridgehead atoms. The van der Waals surface area contributed by atoms with Gasteiger partial charge in [0, 0.05) is 6.08 Å². The molecule has 7 nitrogen and oxygen atoms in total. The highest BCUT2D eigenvalue weighted by Gasteiger charge is 2.21. The molecule has 0 saturated carbocycles. The molecule has 0 fully saturated rings. The first-order chi connectivity index (χ1) is 8.49. The molecule has 0 saturated heterocycles.